The van der Waals surface area contributed by atoms with Crippen LogP contribution in [0.2, 0.25) is 5.15 Å². The summed E-state index contributed by atoms with van der Waals surface area (Å²) in [6, 6.07) is 14.1. The Labute approximate surface area is 173 Å². The Morgan fingerprint density at radius 1 is 1.17 bits per heavy atom. The fourth-order valence-corrected chi connectivity index (χ4v) is 4.29. The number of hydrogen-bond donors (Lipinski definition) is 1. The second-order valence-electron chi connectivity index (χ2n) is 7.61. The summed E-state index contributed by atoms with van der Waals surface area (Å²) in [6.45, 7) is 2.33. The first kappa shape index (κ1) is 18.2. The van der Waals surface area contributed by atoms with E-state index in [2.05, 4.69) is 10.4 Å². The van der Waals surface area contributed by atoms with E-state index in [1.54, 1.807) is 16.8 Å². The minimum absolute atomic E-state index is 0.0219. The van der Waals surface area contributed by atoms with Crippen molar-refractivity contribution in [3.8, 4) is 0 Å². The zero-order valence-electron chi connectivity index (χ0n) is 15.9. The standard InChI is InChI=1S/C22H20ClFN4O/c1-13-19(20(23)27(26-13)12-14-6-8-15(24)9-7-14)21-25-18-5-3-2-4-17(18)22(29)28(21)16-10-11-16/h2-9,16,21,25H,10-12H2,1H3/t21-/m0/s1. The smallest absolute Gasteiger partial charge is 0.258 e. The number of halogens is 2. The Balaban J connectivity index is 1.53. The zero-order chi connectivity index (χ0) is 20.1. The van der Waals surface area contributed by atoms with Crippen molar-refractivity contribution in [2.45, 2.75) is 38.5 Å². The predicted molar refractivity (Wildman–Crippen MR) is 109 cm³/mol. The van der Waals surface area contributed by atoms with Crippen LogP contribution in [0.1, 0.15) is 46.2 Å². The van der Waals surface area contributed by atoms with Gasteiger partial charge in [-0.15, -0.1) is 0 Å². The maximum atomic E-state index is 13.2. The van der Waals surface area contributed by atoms with Crippen molar-refractivity contribution in [1.82, 2.24) is 14.7 Å². The molecule has 3 aromatic rings. The molecule has 0 radical (unpaired) electrons. The molecule has 2 heterocycles. The molecule has 148 valence electrons. The second-order valence-corrected chi connectivity index (χ2v) is 7.97. The average molecular weight is 411 g/mol. The average Bonchev–Trinajstić information content (AvgIpc) is 3.50. The molecule has 5 nitrogen and oxygen atoms in total. The van der Waals surface area contributed by atoms with Crippen molar-refractivity contribution in [1.29, 1.82) is 0 Å². The quantitative estimate of drug-likeness (QED) is 0.674. The highest BCUT2D eigenvalue weighted by Gasteiger charge is 2.43. The number of hydrogen-bond acceptors (Lipinski definition) is 3. The number of amides is 1. The third-order valence-electron chi connectivity index (χ3n) is 5.53. The van der Waals surface area contributed by atoms with E-state index in [1.165, 1.54) is 12.1 Å². The molecule has 1 N–H and O–H groups in total. The van der Waals surface area contributed by atoms with Crippen molar-refractivity contribution in [2.24, 2.45) is 0 Å². The number of para-hydroxylation sites is 1. The Kier molecular flexibility index (Phi) is 4.32. The number of carbonyl (C=O) groups excluding carboxylic acids is 1. The molecule has 1 fully saturated rings. The van der Waals surface area contributed by atoms with Crippen LogP contribution in [0.15, 0.2) is 48.5 Å². The zero-order valence-corrected chi connectivity index (χ0v) is 16.7. The van der Waals surface area contributed by atoms with E-state index in [0.717, 1.165) is 35.3 Å². The van der Waals surface area contributed by atoms with E-state index >= 15 is 0 Å². The summed E-state index contributed by atoms with van der Waals surface area (Å²) in [5.41, 5.74) is 3.97. The molecule has 1 aliphatic heterocycles. The summed E-state index contributed by atoms with van der Waals surface area (Å²) in [5, 5.41) is 8.60. The Morgan fingerprint density at radius 2 is 1.90 bits per heavy atom. The van der Waals surface area contributed by atoms with Crippen LogP contribution >= 0.6 is 11.6 Å². The van der Waals surface area contributed by atoms with Gasteiger partial charge in [0.25, 0.3) is 5.91 Å². The molecule has 1 atom stereocenters. The first-order chi connectivity index (χ1) is 14.0. The fourth-order valence-electron chi connectivity index (χ4n) is 3.95. The topological polar surface area (TPSA) is 50.2 Å². The number of nitrogens with one attached hydrogen (secondary N) is 1. The van der Waals surface area contributed by atoms with Crippen LogP contribution in [0.3, 0.4) is 0 Å². The van der Waals surface area contributed by atoms with E-state index < -0.39 is 0 Å². The van der Waals surface area contributed by atoms with Gasteiger partial charge in [0.2, 0.25) is 0 Å². The lowest BCUT2D eigenvalue weighted by atomic mass is 10.0. The fraction of sp³-hybridized carbons (Fsp3) is 0.273. The summed E-state index contributed by atoms with van der Waals surface area (Å²) in [5.74, 6) is -0.255. The number of aromatic nitrogens is 2. The summed E-state index contributed by atoms with van der Waals surface area (Å²) >= 11 is 6.76. The lowest BCUT2D eigenvalue weighted by molar-refractivity contribution is 0.0666. The molecule has 0 unspecified atom stereocenters. The van der Waals surface area contributed by atoms with Gasteiger partial charge in [-0.25, -0.2) is 9.07 Å². The first-order valence-electron chi connectivity index (χ1n) is 9.68. The Bertz CT molecular complexity index is 1090. The van der Waals surface area contributed by atoms with E-state index in [-0.39, 0.29) is 23.9 Å². The van der Waals surface area contributed by atoms with Gasteiger partial charge in [0.05, 0.1) is 23.4 Å². The number of anilines is 1. The van der Waals surface area contributed by atoms with Crippen molar-refractivity contribution < 1.29 is 9.18 Å². The molecule has 1 aliphatic carbocycles. The summed E-state index contributed by atoms with van der Waals surface area (Å²) in [7, 11) is 0. The molecule has 1 amide bonds. The highest BCUT2D eigenvalue weighted by atomic mass is 35.5. The van der Waals surface area contributed by atoms with Crippen LogP contribution in [0.25, 0.3) is 0 Å². The minimum atomic E-state index is -0.362. The van der Waals surface area contributed by atoms with Crippen molar-refractivity contribution in [3.63, 3.8) is 0 Å². The van der Waals surface area contributed by atoms with Crippen molar-refractivity contribution >= 4 is 23.2 Å². The number of benzene rings is 2. The van der Waals surface area contributed by atoms with Gasteiger partial charge in [-0.1, -0.05) is 35.9 Å². The third kappa shape index (κ3) is 3.17. The monoisotopic (exact) mass is 410 g/mol. The van der Waals surface area contributed by atoms with Crippen LogP contribution in [-0.2, 0) is 6.54 Å². The van der Waals surface area contributed by atoms with Gasteiger partial charge >= 0.3 is 0 Å². The number of fused-ring (bicyclic) bond motifs is 1. The number of rotatable bonds is 4. The Morgan fingerprint density at radius 3 is 2.62 bits per heavy atom. The first-order valence-corrected chi connectivity index (χ1v) is 10.1. The van der Waals surface area contributed by atoms with Crippen LogP contribution in [-0.4, -0.2) is 26.6 Å². The van der Waals surface area contributed by atoms with Gasteiger partial charge in [-0.3, -0.25) is 4.79 Å². The maximum absolute atomic E-state index is 13.2. The summed E-state index contributed by atoms with van der Waals surface area (Å²) in [6.07, 6.45) is 1.62. The molecule has 0 spiro atoms. The van der Waals surface area contributed by atoms with Crippen LogP contribution in [0.4, 0.5) is 10.1 Å². The maximum Gasteiger partial charge on any atom is 0.258 e. The van der Waals surface area contributed by atoms with Crippen LogP contribution in [0, 0.1) is 12.7 Å². The molecule has 2 aliphatic rings. The van der Waals surface area contributed by atoms with E-state index in [4.69, 9.17) is 11.6 Å². The SMILES string of the molecule is Cc1nn(Cc2ccc(F)cc2)c(Cl)c1[C@H]1Nc2ccccc2C(=O)N1C1CC1. The van der Waals surface area contributed by atoms with Gasteiger partial charge in [0.15, 0.2) is 0 Å². The van der Waals surface area contributed by atoms with E-state index in [9.17, 15) is 9.18 Å². The number of aryl methyl sites for hydroxylation is 1. The normalized spacial score (nSPS) is 18.5. The van der Waals surface area contributed by atoms with E-state index in [0.29, 0.717) is 17.3 Å². The molecular formula is C22H20ClFN4O. The van der Waals surface area contributed by atoms with Gasteiger partial charge in [-0.05, 0) is 49.6 Å². The molecule has 0 bridgehead atoms. The number of nitrogens with zero attached hydrogens (tertiary/aromatic N) is 3. The molecule has 1 aromatic heterocycles. The van der Waals surface area contributed by atoms with Gasteiger partial charge in [0.1, 0.15) is 17.1 Å². The third-order valence-corrected chi connectivity index (χ3v) is 5.93. The van der Waals surface area contributed by atoms with Crippen molar-refractivity contribution in [2.75, 3.05) is 5.32 Å². The van der Waals surface area contributed by atoms with E-state index in [1.807, 2.05) is 36.1 Å². The van der Waals surface area contributed by atoms with Gasteiger partial charge in [0, 0.05) is 11.7 Å². The number of carbonyl (C=O) groups is 1. The predicted octanol–water partition coefficient (Wildman–Crippen LogP) is 4.76. The lowest BCUT2D eigenvalue weighted by Gasteiger charge is -2.38. The second kappa shape index (κ2) is 6.88. The van der Waals surface area contributed by atoms with Gasteiger partial charge in [-0.2, -0.15) is 5.10 Å². The van der Waals surface area contributed by atoms with Crippen LogP contribution in [0.5, 0.6) is 0 Å². The summed E-state index contributed by atoms with van der Waals surface area (Å²) < 4.78 is 14.9. The molecule has 2 aromatic carbocycles. The lowest BCUT2D eigenvalue weighted by Crippen LogP contribution is -2.44. The largest absolute Gasteiger partial charge is 0.361 e. The molecule has 0 saturated heterocycles. The van der Waals surface area contributed by atoms with Crippen molar-refractivity contribution in [3.05, 3.63) is 81.9 Å². The molecule has 7 heteroatoms. The Hall–Kier alpha value is -2.86. The highest BCUT2D eigenvalue weighted by molar-refractivity contribution is 6.30. The molecule has 29 heavy (non-hydrogen) atoms. The van der Waals surface area contributed by atoms with Crippen LogP contribution < -0.4 is 5.32 Å². The molecule has 1 saturated carbocycles. The summed E-state index contributed by atoms with van der Waals surface area (Å²) in [4.78, 5) is 15.1. The highest BCUT2D eigenvalue weighted by Crippen LogP contribution is 2.43. The molecular weight excluding hydrogens is 391 g/mol. The minimum Gasteiger partial charge on any atom is -0.361 e. The van der Waals surface area contributed by atoms with Gasteiger partial charge < -0.3 is 10.2 Å². The molecule has 5 rings (SSSR count).